The number of fused-ring (bicyclic) bond motifs is 1. The molecule has 2 heterocycles. The van der Waals surface area contributed by atoms with Crippen LogP contribution >= 0.6 is 34.5 Å². The van der Waals surface area contributed by atoms with Gasteiger partial charge in [0.15, 0.2) is 0 Å². The summed E-state index contributed by atoms with van der Waals surface area (Å²) in [6.45, 7) is 0.115. The molecule has 3 aromatic rings. The monoisotopic (exact) mass is 366 g/mol. The molecule has 0 saturated heterocycles. The van der Waals surface area contributed by atoms with Crippen molar-refractivity contribution in [2.75, 3.05) is 23.8 Å². The van der Waals surface area contributed by atoms with E-state index in [9.17, 15) is 4.79 Å². The molecule has 118 valence electrons. The van der Waals surface area contributed by atoms with E-state index in [0.717, 1.165) is 10.2 Å². The van der Waals surface area contributed by atoms with Crippen LogP contribution in [0.1, 0.15) is 0 Å². The zero-order chi connectivity index (χ0) is 16.4. The lowest BCUT2D eigenvalue weighted by Gasteiger charge is -2.18. The number of carbonyl (C=O) groups excluding carboxylic acids is 1. The third-order valence-electron chi connectivity index (χ3n) is 3.21. The van der Waals surface area contributed by atoms with Gasteiger partial charge < -0.3 is 10.2 Å². The first-order chi connectivity index (χ1) is 11.1. The summed E-state index contributed by atoms with van der Waals surface area (Å²) in [5, 5.41) is 6.40. The lowest BCUT2D eigenvalue weighted by Crippen LogP contribution is -2.30. The van der Waals surface area contributed by atoms with Gasteiger partial charge in [-0.15, -0.1) is 11.3 Å². The largest absolute Gasteiger partial charge is 0.350 e. The van der Waals surface area contributed by atoms with Crippen LogP contribution in [0.4, 0.5) is 11.5 Å². The second-order valence-electron chi connectivity index (χ2n) is 4.84. The Bertz CT molecular complexity index is 847. The van der Waals surface area contributed by atoms with E-state index in [2.05, 4.69) is 15.3 Å². The molecule has 0 fully saturated rings. The van der Waals surface area contributed by atoms with Crippen molar-refractivity contribution in [3.05, 3.63) is 46.0 Å². The van der Waals surface area contributed by atoms with Crippen LogP contribution in [0.3, 0.4) is 0 Å². The fraction of sp³-hybridized carbons (Fsp3) is 0.133. The highest BCUT2D eigenvalue weighted by molar-refractivity contribution is 7.16. The number of nitrogens with zero attached hydrogens (tertiary/aromatic N) is 3. The van der Waals surface area contributed by atoms with Gasteiger partial charge in [-0.2, -0.15) is 0 Å². The number of benzene rings is 1. The molecule has 5 nitrogen and oxygen atoms in total. The maximum atomic E-state index is 12.3. The van der Waals surface area contributed by atoms with Crippen LogP contribution in [0.5, 0.6) is 0 Å². The molecule has 0 aliphatic heterocycles. The molecule has 1 aromatic carbocycles. The quantitative estimate of drug-likeness (QED) is 0.755. The van der Waals surface area contributed by atoms with E-state index in [1.165, 1.54) is 17.7 Å². The minimum atomic E-state index is -0.232. The molecule has 1 N–H and O–H groups in total. The van der Waals surface area contributed by atoms with Crippen LogP contribution in [-0.4, -0.2) is 29.5 Å². The fourth-order valence-electron chi connectivity index (χ4n) is 2.17. The van der Waals surface area contributed by atoms with E-state index in [1.807, 2.05) is 11.4 Å². The van der Waals surface area contributed by atoms with Crippen molar-refractivity contribution >= 4 is 62.2 Å². The highest BCUT2D eigenvalue weighted by atomic mass is 35.5. The topological polar surface area (TPSA) is 58.1 Å². The molecule has 0 saturated carbocycles. The Morgan fingerprint density at radius 1 is 1.26 bits per heavy atom. The van der Waals surface area contributed by atoms with Gasteiger partial charge in [-0.1, -0.05) is 29.3 Å². The van der Waals surface area contributed by atoms with E-state index in [4.69, 9.17) is 23.2 Å². The van der Waals surface area contributed by atoms with Gasteiger partial charge in [-0.05, 0) is 23.6 Å². The van der Waals surface area contributed by atoms with Gasteiger partial charge in [-0.25, -0.2) is 9.97 Å². The number of likely N-dealkylation sites (N-methyl/N-ethyl adjacent to an activating group) is 1. The Hall–Kier alpha value is -1.89. The van der Waals surface area contributed by atoms with E-state index in [-0.39, 0.29) is 12.5 Å². The van der Waals surface area contributed by atoms with Crippen LogP contribution in [0, 0.1) is 0 Å². The predicted octanol–water partition coefficient (Wildman–Crippen LogP) is 4.07. The number of rotatable bonds is 4. The summed E-state index contributed by atoms with van der Waals surface area (Å²) in [7, 11) is 1.80. The fourth-order valence-corrected chi connectivity index (χ4v) is 3.39. The van der Waals surface area contributed by atoms with Crippen molar-refractivity contribution < 1.29 is 4.79 Å². The third-order valence-corrected chi connectivity index (χ3v) is 4.66. The van der Waals surface area contributed by atoms with Crippen LogP contribution in [-0.2, 0) is 4.79 Å². The number of aromatic nitrogens is 2. The Morgan fingerprint density at radius 3 is 2.74 bits per heavy atom. The summed E-state index contributed by atoms with van der Waals surface area (Å²) in [5.41, 5.74) is 0.414. The highest BCUT2D eigenvalue weighted by Crippen LogP contribution is 2.30. The molecular formula is C15H12Cl2N4OS. The number of thiophene rings is 1. The number of para-hydroxylation sites is 1. The first-order valence-electron chi connectivity index (χ1n) is 6.69. The molecule has 3 rings (SSSR count). The molecule has 8 heteroatoms. The van der Waals surface area contributed by atoms with Gasteiger partial charge in [0.2, 0.25) is 5.91 Å². The lowest BCUT2D eigenvalue weighted by molar-refractivity contribution is -0.114. The standard InChI is InChI=1S/C15H12Cl2N4OS/c1-21(14-9-5-6-23-15(9)19-8-18-14)7-12(22)20-13-10(16)3-2-4-11(13)17/h2-6,8H,7H2,1H3,(H,20,22). The molecule has 0 aliphatic rings. The zero-order valence-electron chi connectivity index (χ0n) is 12.1. The van der Waals surface area contributed by atoms with Gasteiger partial charge in [-0.3, -0.25) is 4.79 Å². The summed E-state index contributed by atoms with van der Waals surface area (Å²) in [6.07, 6.45) is 1.49. The summed E-state index contributed by atoms with van der Waals surface area (Å²) in [6, 6.07) is 7.01. The third kappa shape index (κ3) is 3.39. The summed E-state index contributed by atoms with van der Waals surface area (Å²) in [4.78, 5) is 23.4. The van der Waals surface area contributed by atoms with Gasteiger partial charge in [0.25, 0.3) is 0 Å². The van der Waals surface area contributed by atoms with Crippen LogP contribution in [0.15, 0.2) is 36.0 Å². The van der Waals surface area contributed by atoms with Gasteiger partial charge in [0.05, 0.1) is 27.7 Å². The van der Waals surface area contributed by atoms with E-state index in [0.29, 0.717) is 21.6 Å². The molecule has 23 heavy (non-hydrogen) atoms. The predicted molar refractivity (Wildman–Crippen MR) is 95.8 cm³/mol. The zero-order valence-corrected chi connectivity index (χ0v) is 14.4. The molecular weight excluding hydrogens is 355 g/mol. The SMILES string of the molecule is CN(CC(=O)Nc1c(Cl)cccc1Cl)c1ncnc2sccc12. The molecule has 0 bridgehead atoms. The lowest BCUT2D eigenvalue weighted by atomic mass is 10.3. The molecule has 0 radical (unpaired) electrons. The maximum Gasteiger partial charge on any atom is 0.244 e. The molecule has 0 atom stereocenters. The number of anilines is 2. The Labute approximate surface area is 146 Å². The summed E-state index contributed by atoms with van der Waals surface area (Å²) >= 11 is 13.6. The van der Waals surface area contributed by atoms with Crippen molar-refractivity contribution in [1.29, 1.82) is 0 Å². The number of hydrogen-bond donors (Lipinski definition) is 1. The smallest absolute Gasteiger partial charge is 0.244 e. The first kappa shape index (κ1) is 16.0. The number of carbonyl (C=O) groups is 1. The van der Waals surface area contributed by atoms with Crippen molar-refractivity contribution in [3.8, 4) is 0 Å². The van der Waals surface area contributed by atoms with Gasteiger partial charge in [0, 0.05) is 7.05 Å². The number of halogens is 2. The van der Waals surface area contributed by atoms with Gasteiger partial charge >= 0.3 is 0 Å². The molecule has 0 spiro atoms. The number of nitrogens with one attached hydrogen (secondary N) is 1. The molecule has 0 unspecified atom stereocenters. The molecule has 0 aliphatic carbocycles. The molecule has 1 amide bonds. The summed E-state index contributed by atoms with van der Waals surface area (Å²) in [5.74, 6) is 0.473. The average molecular weight is 367 g/mol. The van der Waals surface area contributed by atoms with E-state index < -0.39 is 0 Å². The minimum absolute atomic E-state index is 0.115. The van der Waals surface area contributed by atoms with Crippen LogP contribution < -0.4 is 10.2 Å². The maximum absolute atomic E-state index is 12.3. The Kier molecular flexibility index (Phi) is 4.66. The highest BCUT2D eigenvalue weighted by Gasteiger charge is 2.15. The molecule has 2 aromatic heterocycles. The second-order valence-corrected chi connectivity index (χ2v) is 6.55. The van der Waals surface area contributed by atoms with E-state index in [1.54, 1.807) is 30.1 Å². The van der Waals surface area contributed by atoms with Crippen LogP contribution in [0.25, 0.3) is 10.2 Å². The van der Waals surface area contributed by atoms with E-state index >= 15 is 0 Å². The van der Waals surface area contributed by atoms with Crippen LogP contribution in [0.2, 0.25) is 10.0 Å². The summed E-state index contributed by atoms with van der Waals surface area (Å²) < 4.78 is 0. The van der Waals surface area contributed by atoms with Gasteiger partial charge in [0.1, 0.15) is 17.0 Å². The van der Waals surface area contributed by atoms with Crippen molar-refractivity contribution in [1.82, 2.24) is 9.97 Å². The first-order valence-corrected chi connectivity index (χ1v) is 8.33. The number of amides is 1. The number of hydrogen-bond acceptors (Lipinski definition) is 5. The minimum Gasteiger partial charge on any atom is -0.350 e. The average Bonchev–Trinajstić information content (AvgIpc) is 2.99. The normalized spacial score (nSPS) is 10.7. The Morgan fingerprint density at radius 2 is 2.00 bits per heavy atom. The van der Waals surface area contributed by atoms with Crippen molar-refractivity contribution in [3.63, 3.8) is 0 Å². The Balaban J connectivity index is 1.76. The van der Waals surface area contributed by atoms with Crippen molar-refractivity contribution in [2.24, 2.45) is 0 Å². The second kappa shape index (κ2) is 6.70. The van der Waals surface area contributed by atoms with Crippen molar-refractivity contribution in [2.45, 2.75) is 0 Å².